The Balaban J connectivity index is 1.39. The van der Waals surface area contributed by atoms with Crippen molar-refractivity contribution >= 4 is 51.3 Å². The number of nitrogens with one attached hydrogen (secondary N) is 1. The Kier molecular flexibility index (Phi) is 8.23. The smallest absolute Gasteiger partial charge is 0.274 e. The van der Waals surface area contributed by atoms with E-state index >= 15 is 0 Å². The number of rotatable bonds is 8. The van der Waals surface area contributed by atoms with Gasteiger partial charge in [-0.3, -0.25) is 24.6 Å². The van der Waals surface area contributed by atoms with Gasteiger partial charge >= 0.3 is 0 Å². The van der Waals surface area contributed by atoms with Gasteiger partial charge in [0.25, 0.3) is 5.69 Å². The summed E-state index contributed by atoms with van der Waals surface area (Å²) in [5, 5.41) is 32.9. The quantitative estimate of drug-likeness (QED) is 0.205. The van der Waals surface area contributed by atoms with Gasteiger partial charge in [0, 0.05) is 35.0 Å². The lowest BCUT2D eigenvalue weighted by Gasteiger charge is -2.38. The summed E-state index contributed by atoms with van der Waals surface area (Å²) in [7, 11) is 1.55. The van der Waals surface area contributed by atoms with Gasteiger partial charge in [0.2, 0.25) is 11.0 Å². The average Bonchev–Trinajstić information content (AvgIpc) is 3.45. The Morgan fingerprint density at radius 3 is 2.86 bits per heavy atom. The van der Waals surface area contributed by atoms with E-state index in [2.05, 4.69) is 21.6 Å². The molecule has 3 aromatic rings. The highest BCUT2D eigenvalue weighted by Gasteiger charge is 2.41. The third-order valence-corrected chi connectivity index (χ3v) is 8.99. The fraction of sp³-hybridized carbons (Fsp3) is 0.250. The number of nitro groups is 1. The number of hydrogen-bond donors (Lipinski definition) is 2. The first kappa shape index (κ1) is 28.8. The van der Waals surface area contributed by atoms with Gasteiger partial charge in [-0.15, -0.1) is 10.2 Å². The zero-order valence-corrected chi connectivity index (χ0v) is 24.3. The van der Waals surface area contributed by atoms with E-state index in [0.717, 1.165) is 17.3 Å². The largest absolute Gasteiger partial charge is 0.497 e. The van der Waals surface area contributed by atoms with Crippen LogP contribution in [0.15, 0.2) is 69.5 Å². The van der Waals surface area contributed by atoms with Gasteiger partial charge in [0.1, 0.15) is 11.6 Å². The van der Waals surface area contributed by atoms with Crippen LogP contribution in [0.2, 0.25) is 0 Å². The van der Waals surface area contributed by atoms with Gasteiger partial charge in [-0.1, -0.05) is 41.3 Å². The molecule has 1 unspecified atom stereocenters. The minimum absolute atomic E-state index is 0.0184. The number of amides is 1. The zero-order chi connectivity index (χ0) is 30.0. The van der Waals surface area contributed by atoms with Crippen molar-refractivity contribution in [2.45, 2.75) is 36.4 Å². The molecule has 1 amide bonds. The number of benzene rings is 2. The second-order valence-electron chi connectivity index (χ2n) is 9.54. The van der Waals surface area contributed by atoms with E-state index in [4.69, 9.17) is 10.5 Å². The fourth-order valence-electron chi connectivity index (χ4n) is 5.02. The normalized spacial score (nSPS) is 16.6. The van der Waals surface area contributed by atoms with Gasteiger partial charge in [-0.05, 0) is 43.5 Å². The predicted octanol–water partition coefficient (Wildman–Crippen LogP) is 4.80. The number of aromatic nitrogens is 2. The number of ketones is 1. The number of methoxy groups -OCH3 is 1. The third-order valence-electron chi connectivity index (χ3n) is 6.94. The summed E-state index contributed by atoms with van der Waals surface area (Å²) in [5.74, 6) is -0.302. The highest BCUT2D eigenvalue weighted by atomic mass is 32.2. The number of nitro benzene ring substituents is 1. The number of carbonyl (C=O) groups excluding carboxylic acids is 2. The molecule has 42 heavy (non-hydrogen) atoms. The molecule has 2 heterocycles. The molecule has 12 nitrogen and oxygen atoms in total. The van der Waals surface area contributed by atoms with Gasteiger partial charge in [-0.2, -0.15) is 5.26 Å². The van der Waals surface area contributed by atoms with Crippen molar-refractivity contribution in [1.82, 2.24) is 10.2 Å². The van der Waals surface area contributed by atoms with E-state index in [9.17, 15) is 25.0 Å². The van der Waals surface area contributed by atoms with Crippen molar-refractivity contribution in [2.75, 3.05) is 23.1 Å². The summed E-state index contributed by atoms with van der Waals surface area (Å²) in [5.41, 5.74) is 9.49. The van der Waals surface area contributed by atoms with Gasteiger partial charge in [0.05, 0.1) is 35.3 Å². The van der Waals surface area contributed by atoms with Gasteiger partial charge < -0.3 is 15.8 Å². The maximum absolute atomic E-state index is 13.3. The summed E-state index contributed by atoms with van der Waals surface area (Å²) in [4.78, 5) is 38.2. The van der Waals surface area contributed by atoms with Crippen molar-refractivity contribution in [3.63, 3.8) is 0 Å². The summed E-state index contributed by atoms with van der Waals surface area (Å²) in [6.07, 6.45) is 1.56. The number of aryl methyl sites for hydroxylation is 1. The molecular weight excluding hydrogens is 578 g/mol. The molecule has 0 spiro atoms. The van der Waals surface area contributed by atoms with Crippen molar-refractivity contribution in [1.29, 1.82) is 5.26 Å². The number of hydrogen-bond acceptors (Lipinski definition) is 12. The van der Waals surface area contributed by atoms with Crippen LogP contribution < -0.4 is 20.7 Å². The Morgan fingerprint density at radius 2 is 2.12 bits per heavy atom. The maximum atomic E-state index is 13.3. The number of nitrogens with zero attached hydrogens (tertiary/aromatic N) is 5. The van der Waals surface area contributed by atoms with Crippen molar-refractivity contribution < 1.29 is 19.2 Å². The minimum Gasteiger partial charge on any atom is -0.497 e. The maximum Gasteiger partial charge on any atom is 0.274 e. The molecule has 0 radical (unpaired) electrons. The molecule has 3 N–H and O–H groups in total. The van der Waals surface area contributed by atoms with Crippen LogP contribution in [0.4, 0.5) is 16.5 Å². The Morgan fingerprint density at radius 1 is 1.31 bits per heavy atom. The average molecular weight is 604 g/mol. The molecule has 2 aliphatic rings. The molecular formula is C28H25N7O5S2. The summed E-state index contributed by atoms with van der Waals surface area (Å²) < 4.78 is 5.85. The summed E-state index contributed by atoms with van der Waals surface area (Å²) in [6.45, 7) is 1.62. The molecule has 214 valence electrons. The van der Waals surface area contributed by atoms with Gasteiger partial charge in [0.15, 0.2) is 10.1 Å². The predicted molar refractivity (Wildman–Crippen MR) is 158 cm³/mol. The molecule has 1 aliphatic heterocycles. The van der Waals surface area contributed by atoms with Crippen LogP contribution in [0.3, 0.4) is 0 Å². The van der Waals surface area contributed by atoms with Crippen LogP contribution in [0.1, 0.15) is 36.3 Å². The number of allylic oxidation sites excluding steroid dienone is 3. The number of thioether (sulfide) groups is 1. The third kappa shape index (κ3) is 5.56. The second kappa shape index (κ2) is 12.0. The SMILES string of the molecule is COc1cccc(C2C(C#N)=C(N)N(c3nnc(SCC(=O)Nc4ccc(C)c([N+](=O)[O-])c4)s3)C3=C2C(=O)CCC3)c1. The summed E-state index contributed by atoms with van der Waals surface area (Å²) in [6, 6.07) is 14.0. The first-order valence-corrected chi connectivity index (χ1v) is 14.6. The molecule has 0 bridgehead atoms. The van der Waals surface area contributed by atoms with Crippen molar-refractivity contribution in [3.8, 4) is 11.8 Å². The highest BCUT2D eigenvalue weighted by Crippen LogP contribution is 2.47. The van der Waals surface area contributed by atoms with Gasteiger partial charge in [-0.25, -0.2) is 0 Å². The van der Waals surface area contributed by atoms with E-state index in [-0.39, 0.29) is 34.5 Å². The Hall–Kier alpha value is -4.74. The minimum atomic E-state index is -0.632. The van der Waals surface area contributed by atoms with Crippen LogP contribution in [-0.2, 0) is 9.59 Å². The molecule has 2 aromatic carbocycles. The number of carbonyl (C=O) groups is 2. The number of nitriles is 1. The van der Waals surface area contributed by atoms with Crippen LogP contribution in [0.25, 0.3) is 0 Å². The molecule has 0 saturated carbocycles. The number of nitrogens with two attached hydrogens (primary N) is 1. The Labute approximate surface area is 249 Å². The lowest BCUT2D eigenvalue weighted by molar-refractivity contribution is -0.385. The number of anilines is 2. The monoisotopic (exact) mass is 603 g/mol. The molecule has 1 aliphatic carbocycles. The number of ether oxygens (including phenoxy) is 1. The van der Waals surface area contributed by atoms with Crippen LogP contribution in [0.5, 0.6) is 5.75 Å². The second-order valence-corrected chi connectivity index (χ2v) is 11.7. The lowest BCUT2D eigenvalue weighted by atomic mass is 9.76. The van der Waals surface area contributed by atoms with Crippen molar-refractivity contribution in [2.24, 2.45) is 5.73 Å². The van der Waals surface area contributed by atoms with Crippen LogP contribution >= 0.6 is 23.1 Å². The van der Waals surface area contributed by atoms with Crippen LogP contribution in [0, 0.1) is 28.4 Å². The molecule has 0 fully saturated rings. The van der Waals surface area contributed by atoms with E-state index in [1.165, 1.54) is 17.4 Å². The molecule has 1 atom stereocenters. The molecule has 5 rings (SSSR count). The number of Topliss-reactive ketones (excluding diaryl/α,β-unsaturated/α-hetero) is 1. The first-order chi connectivity index (χ1) is 20.2. The molecule has 1 aromatic heterocycles. The lowest BCUT2D eigenvalue weighted by Crippen LogP contribution is -2.38. The van der Waals surface area contributed by atoms with Crippen molar-refractivity contribution in [3.05, 3.63) is 86.4 Å². The van der Waals surface area contributed by atoms with E-state index in [1.54, 1.807) is 43.2 Å². The topological polar surface area (TPSA) is 177 Å². The standard InChI is InChI=1S/C28H25N7O5S2/c1-15-9-10-17(12-21(15)35(38)39)31-23(37)14-41-28-33-32-27(42-28)34-20-7-4-8-22(36)25(20)24(19(13-29)26(34)30)16-5-3-6-18(11-16)40-2/h3,5-6,9-12,24H,4,7-8,14,30H2,1-2H3,(H,31,37). The zero-order valence-electron chi connectivity index (χ0n) is 22.6. The first-order valence-electron chi connectivity index (χ1n) is 12.8. The Bertz CT molecular complexity index is 1710. The highest BCUT2D eigenvalue weighted by molar-refractivity contribution is 8.01. The van der Waals surface area contributed by atoms with E-state index < -0.39 is 10.8 Å². The molecule has 14 heteroatoms. The fourth-order valence-corrected chi connectivity index (χ4v) is 6.70. The van der Waals surface area contributed by atoms with E-state index in [0.29, 0.717) is 57.0 Å². The summed E-state index contributed by atoms with van der Waals surface area (Å²) >= 11 is 2.32. The van der Waals surface area contributed by atoms with Crippen LogP contribution in [-0.4, -0.2) is 39.7 Å². The van der Waals surface area contributed by atoms with E-state index in [1.807, 2.05) is 12.1 Å². The molecule has 0 saturated heterocycles.